The highest BCUT2D eigenvalue weighted by atomic mass is 32.1. The molecule has 0 unspecified atom stereocenters. The molecular formula is C18H27N3S. The first-order chi connectivity index (χ1) is 10.4. The SMILES string of the molecule is CN(C)CCc1nc2cc([C@@H]3CCC(C)(C)CN3)ccc2s1. The Bertz CT molecular complexity index is 635. The fraction of sp³-hybridized carbons (Fsp3) is 0.611. The van der Waals surface area contributed by atoms with Gasteiger partial charge in [-0.1, -0.05) is 19.9 Å². The summed E-state index contributed by atoms with van der Waals surface area (Å²) in [6.07, 6.45) is 3.54. The zero-order valence-corrected chi connectivity index (χ0v) is 15.0. The summed E-state index contributed by atoms with van der Waals surface area (Å²) in [5.74, 6) is 0. The quantitative estimate of drug-likeness (QED) is 0.928. The zero-order chi connectivity index (χ0) is 15.7. The van der Waals surface area contributed by atoms with Crippen molar-refractivity contribution in [2.24, 2.45) is 5.41 Å². The molecule has 2 aromatic rings. The third kappa shape index (κ3) is 3.67. The maximum atomic E-state index is 4.83. The molecule has 4 heteroatoms. The molecule has 0 saturated carbocycles. The van der Waals surface area contributed by atoms with Crippen molar-refractivity contribution in [3.8, 4) is 0 Å². The van der Waals surface area contributed by atoms with Crippen molar-refractivity contribution < 1.29 is 0 Å². The van der Waals surface area contributed by atoms with Gasteiger partial charge in [-0.25, -0.2) is 4.98 Å². The highest BCUT2D eigenvalue weighted by Crippen LogP contribution is 2.34. The molecule has 1 fully saturated rings. The summed E-state index contributed by atoms with van der Waals surface area (Å²) in [4.78, 5) is 7.05. The Balaban J connectivity index is 1.75. The number of hydrogen-bond acceptors (Lipinski definition) is 4. The first-order valence-corrected chi connectivity index (χ1v) is 9.02. The van der Waals surface area contributed by atoms with Crippen molar-refractivity contribution in [1.82, 2.24) is 15.2 Å². The van der Waals surface area contributed by atoms with Gasteiger partial charge in [-0.05, 0) is 50.0 Å². The van der Waals surface area contributed by atoms with Crippen LogP contribution in [0, 0.1) is 5.41 Å². The van der Waals surface area contributed by atoms with Gasteiger partial charge in [0.1, 0.15) is 0 Å². The van der Waals surface area contributed by atoms with E-state index in [1.807, 2.05) is 11.3 Å². The second kappa shape index (κ2) is 6.26. The Morgan fingerprint density at radius 1 is 1.36 bits per heavy atom. The number of rotatable bonds is 4. The first-order valence-electron chi connectivity index (χ1n) is 8.20. The number of nitrogens with one attached hydrogen (secondary N) is 1. The van der Waals surface area contributed by atoms with Gasteiger partial charge in [0.2, 0.25) is 0 Å². The van der Waals surface area contributed by atoms with Crippen molar-refractivity contribution in [3.05, 3.63) is 28.8 Å². The van der Waals surface area contributed by atoms with E-state index in [1.165, 1.54) is 33.6 Å². The van der Waals surface area contributed by atoms with E-state index in [-0.39, 0.29) is 0 Å². The summed E-state index contributed by atoms with van der Waals surface area (Å²) in [6, 6.07) is 7.32. The predicted octanol–water partition coefficient (Wildman–Crippen LogP) is 3.85. The van der Waals surface area contributed by atoms with Crippen molar-refractivity contribution >= 4 is 21.6 Å². The van der Waals surface area contributed by atoms with E-state index in [4.69, 9.17) is 4.98 Å². The predicted molar refractivity (Wildman–Crippen MR) is 95.6 cm³/mol. The lowest BCUT2D eigenvalue weighted by atomic mass is 9.81. The Hall–Kier alpha value is -0.970. The Labute approximate surface area is 137 Å². The molecule has 1 atom stereocenters. The van der Waals surface area contributed by atoms with Crippen LogP contribution in [0.2, 0.25) is 0 Å². The van der Waals surface area contributed by atoms with Gasteiger partial charge in [0, 0.05) is 25.6 Å². The maximum absolute atomic E-state index is 4.83. The molecule has 2 heterocycles. The molecule has 3 rings (SSSR count). The van der Waals surface area contributed by atoms with Gasteiger partial charge < -0.3 is 10.2 Å². The third-order valence-electron chi connectivity index (χ3n) is 4.57. The van der Waals surface area contributed by atoms with Gasteiger partial charge in [-0.3, -0.25) is 0 Å². The maximum Gasteiger partial charge on any atom is 0.0951 e. The smallest absolute Gasteiger partial charge is 0.0951 e. The van der Waals surface area contributed by atoms with E-state index in [0.717, 1.165) is 19.5 Å². The number of fused-ring (bicyclic) bond motifs is 1. The molecule has 0 aliphatic carbocycles. The monoisotopic (exact) mass is 317 g/mol. The fourth-order valence-corrected chi connectivity index (χ4v) is 3.98. The van der Waals surface area contributed by atoms with Crippen LogP contribution in [0.1, 0.15) is 43.3 Å². The Kier molecular flexibility index (Phi) is 4.53. The van der Waals surface area contributed by atoms with Gasteiger partial charge in [0.25, 0.3) is 0 Å². The molecule has 1 aliphatic rings. The van der Waals surface area contributed by atoms with E-state index >= 15 is 0 Å². The van der Waals surface area contributed by atoms with Crippen molar-refractivity contribution in [3.63, 3.8) is 0 Å². The standard InChI is InChI=1S/C18H27N3S/c1-18(2)9-7-14(19-12-18)13-5-6-16-15(11-13)20-17(22-16)8-10-21(3)4/h5-6,11,14,19H,7-10,12H2,1-4H3/t14-/m0/s1. The number of piperidine rings is 1. The van der Waals surface area contributed by atoms with Crippen molar-refractivity contribution in [2.75, 3.05) is 27.2 Å². The molecule has 22 heavy (non-hydrogen) atoms. The average molecular weight is 318 g/mol. The highest BCUT2D eigenvalue weighted by molar-refractivity contribution is 7.18. The molecule has 120 valence electrons. The molecule has 1 aliphatic heterocycles. The van der Waals surface area contributed by atoms with Crippen LogP contribution in [0.25, 0.3) is 10.2 Å². The number of thiazole rings is 1. The van der Waals surface area contributed by atoms with Gasteiger partial charge in [-0.2, -0.15) is 0 Å². The lowest BCUT2D eigenvalue weighted by Crippen LogP contribution is -2.38. The molecule has 0 amide bonds. The van der Waals surface area contributed by atoms with Gasteiger partial charge >= 0.3 is 0 Å². The zero-order valence-electron chi connectivity index (χ0n) is 14.1. The third-order valence-corrected chi connectivity index (χ3v) is 5.66. The molecule has 0 radical (unpaired) electrons. The topological polar surface area (TPSA) is 28.2 Å². The van der Waals surface area contributed by atoms with Crippen LogP contribution >= 0.6 is 11.3 Å². The number of nitrogens with zero attached hydrogens (tertiary/aromatic N) is 2. The lowest BCUT2D eigenvalue weighted by Gasteiger charge is -2.35. The molecule has 3 nitrogen and oxygen atoms in total. The summed E-state index contributed by atoms with van der Waals surface area (Å²) in [5.41, 5.74) is 3.00. The minimum Gasteiger partial charge on any atom is -0.309 e. The van der Waals surface area contributed by atoms with Crippen LogP contribution in [0.15, 0.2) is 18.2 Å². The second-order valence-corrected chi connectivity index (χ2v) is 8.64. The normalized spacial score (nSPS) is 21.6. The van der Waals surface area contributed by atoms with Crippen molar-refractivity contribution in [1.29, 1.82) is 0 Å². The van der Waals surface area contributed by atoms with E-state index < -0.39 is 0 Å². The molecular weight excluding hydrogens is 290 g/mol. The van der Waals surface area contributed by atoms with Crippen LogP contribution < -0.4 is 5.32 Å². The lowest BCUT2D eigenvalue weighted by molar-refractivity contribution is 0.224. The van der Waals surface area contributed by atoms with Crippen LogP contribution in [-0.4, -0.2) is 37.1 Å². The van der Waals surface area contributed by atoms with Crippen LogP contribution in [0.5, 0.6) is 0 Å². The Morgan fingerprint density at radius 2 is 2.18 bits per heavy atom. The molecule has 1 aromatic carbocycles. The summed E-state index contributed by atoms with van der Waals surface area (Å²) in [6.45, 7) is 6.85. The van der Waals surface area contributed by atoms with Crippen LogP contribution in [0.4, 0.5) is 0 Å². The fourth-order valence-electron chi connectivity index (χ4n) is 3.04. The largest absolute Gasteiger partial charge is 0.309 e. The molecule has 0 bridgehead atoms. The number of aromatic nitrogens is 1. The van der Waals surface area contributed by atoms with Crippen LogP contribution in [0.3, 0.4) is 0 Å². The molecule has 0 spiro atoms. The number of hydrogen-bond donors (Lipinski definition) is 1. The molecule has 1 N–H and O–H groups in total. The van der Waals surface area contributed by atoms with Gasteiger partial charge in [0.15, 0.2) is 0 Å². The first kappa shape index (κ1) is 15.9. The van der Waals surface area contributed by atoms with E-state index in [1.54, 1.807) is 0 Å². The van der Waals surface area contributed by atoms with E-state index in [9.17, 15) is 0 Å². The van der Waals surface area contributed by atoms with Gasteiger partial charge in [0.05, 0.1) is 15.2 Å². The van der Waals surface area contributed by atoms with E-state index in [0.29, 0.717) is 11.5 Å². The molecule has 1 saturated heterocycles. The summed E-state index contributed by atoms with van der Waals surface area (Å²) in [5, 5.41) is 4.95. The average Bonchev–Trinajstić information content (AvgIpc) is 2.87. The minimum absolute atomic E-state index is 0.431. The molecule has 1 aromatic heterocycles. The minimum atomic E-state index is 0.431. The summed E-state index contributed by atoms with van der Waals surface area (Å²) >= 11 is 1.84. The summed E-state index contributed by atoms with van der Waals surface area (Å²) < 4.78 is 1.31. The highest BCUT2D eigenvalue weighted by Gasteiger charge is 2.27. The van der Waals surface area contributed by atoms with Crippen LogP contribution in [-0.2, 0) is 6.42 Å². The van der Waals surface area contributed by atoms with Crippen molar-refractivity contribution in [2.45, 2.75) is 39.2 Å². The number of likely N-dealkylation sites (N-methyl/N-ethyl adjacent to an activating group) is 1. The summed E-state index contributed by atoms with van der Waals surface area (Å²) in [7, 11) is 4.23. The van der Waals surface area contributed by atoms with Gasteiger partial charge in [-0.15, -0.1) is 11.3 Å². The number of benzene rings is 1. The second-order valence-electron chi connectivity index (χ2n) is 7.52. The Morgan fingerprint density at radius 3 is 2.86 bits per heavy atom. The van der Waals surface area contributed by atoms with E-state index in [2.05, 4.69) is 56.4 Å².